The fraction of sp³-hybridized carbons (Fsp3) is 0.147. The molecule has 1 saturated heterocycles. The zero-order valence-corrected chi connectivity index (χ0v) is 24.8. The Kier molecular flexibility index (Phi) is 9.46. The van der Waals surface area contributed by atoms with Gasteiger partial charge in [0.05, 0.1) is 24.4 Å². The molecule has 0 aromatic heterocycles. The van der Waals surface area contributed by atoms with Crippen LogP contribution >= 0.6 is 11.6 Å². The second-order valence-corrected chi connectivity index (χ2v) is 10.0. The van der Waals surface area contributed by atoms with Crippen LogP contribution < -0.4 is 29.2 Å². The summed E-state index contributed by atoms with van der Waals surface area (Å²) in [5.41, 5.74) is 2.34. The Morgan fingerprint density at radius 1 is 0.773 bits per heavy atom. The molecule has 9 nitrogen and oxygen atoms in total. The molecule has 0 aliphatic carbocycles. The van der Waals surface area contributed by atoms with Crippen molar-refractivity contribution in [2.24, 2.45) is 0 Å². The smallest absolute Gasteiger partial charge is 0.335 e. The van der Waals surface area contributed by atoms with Gasteiger partial charge in [0, 0.05) is 0 Å². The number of hydrogen-bond donors (Lipinski definition) is 1. The number of anilines is 1. The van der Waals surface area contributed by atoms with Gasteiger partial charge in [-0.25, -0.2) is 9.69 Å². The highest BCUT2D eigenvalue weighted by atomic mass is 35.5. The number of para-hydroxylation sites is 1. The molecule has 1 aliphatic rings. The molecule has 4 amide bonds. The number of benzene rings is 4. The van der Waals surface area contributed by atoms with E-state index in [1.165, 1.54) is 13.2 Å². The third kappa shape index (κ3) is 6.85. The van der Waals surface area contributed by atoms with Gasteiger partial charge >= 0.3 is 6.03 Å². The number of amides is 4. The molecule has 0 bridgehead atoms. The number of carbonyl (C=O) groups is 3. The van der Waals surface area contributed by atoms with Crippen molar-refractivity contribution >= 4 is 41.2 Å². The molecule has 1 heterocycles. The molecule has 44 heavy (non-hydrogen) atoms. The first-order valence-electron chi connectivity index (χ1n) is 13.8. The van der Waals surface area contributed by atoms with Gasteiger partial charge in [0.1, 0.15) is 18.8 Å². The average Bonchev–Trinajstić information content (AvgIpc) is 3.03. The number of rotatable bonds is 11. The molecule has 10 heteroatoms. The number of hydrogen-bond acceptors (Lipinski definition) is 7. The number of carbonyl (C=O) groups excluding carboxylic acids is 3. The van der Waals surface area contributed by atoms with Crippen molar-refractivity contribution in [3.8, 4) is 23.0 Å². The van der Waals surface area contributed by atoms with Crippen LogP contribution in [0.3, 0.4) is 0 Å². The van der Waals surface area contributed by atoms with Crippen molar-refractivity contribution in [3.63, 3.8) is 0 Å². The van der Waals surface area contributed by atoms with Crippen LogP contribution in [0.2, 0.25) is 5.02 Å². The lowest BCUT2D eigenvalue weighted by atomic mass is 10.1. The van der Waals surface area contributed by atoms with E-state index in [0.717, 1.165) is 16.0 Å². The molecular formula is C34H29ClN2O7. The van der Waals surface area contributed by atoms with Crippen LogP contribution in [0.4, 0.5) is 10.5 Å². The van der Waals surface area contributed by atoms with Gasteiger partial charge in [-0.05, 0) is 66.1 Å². The van der Waals surface area contributed by atoms with Crippen molar-refractivity contribution in [2.45, 2.75) is 20.1 Å². The van der Waals surface area contributed by atoms with Gasteiger partial charge in [-0.3, -0.25) is 14.9 Å². The highest BCUT2D eigenvalue weighted by Crippen LogP contribution is 2.38. The molecule has 5 rings (SSSR count). The average molecular weight is 613 g/mol. The second kappa shape index (κ2) is 13.8. The van der Waals surface area contributed by atoms with Crippen molar-refractivity contribution < 1.29 is 33.3 Å². The summed E-state index contributed by atoms with van der Waals surface area (Å²) in [4.78, 5) is 39.2. The summed E-state index contributed by atoms with van der Waals surface area (Å²) in [6.45, 7) is 2.90. The summed E-state index contributed by atoms with van der Waals surface area (Å²) in [5.74, 6) is 0.186. The number of nitrogens with zero attached hydrogens (tertiary/aromatic N) is 1. The quantitative estimate of drug-likeness (QED) is 0.151. The SMILES string of the molecule is CCOc1cc(COc2c(Cl)cc(/C=C3/C(=O)NC(=O)N(c4ccccc4)C3=O)cc2OC)ccc1OCc1ccccc1. The Morgan fingerprint density at radius 3 is 2.18 bits per heavy atom. The van der Waals surface area contributed by atoms with Crippen molar-refractivity contribution in [3.05, 3.63) is 118 Å². The minimum Gasteiger partial charge on any atom is -0.493 e. The molecule has 1 aliphatic heterocycles. The van der Waals surface area contributed by atoms with E-state index in [1.807, 2.05) is 55.5 Å². The van der Waals surface area contributed by atoms with Gasteiger partial charge in [0.15, 0.2) is 23.0 Å². The van der Waals surface area contributed by atoms with Crippen molar-refractivity contribution in [1.82, 2.24) is 5.32 Å². The Hall–Kier alpha value is -5.28. The highest BCUT2D eigenvalue weighted by Gasteiger charge is 2.36. The zero-order valence-electron chi connectivity index (χ0n) is 24.0. The lowest BCUT2D eigenvalue weighted by molar-refractivity contribution is -0.122. The van der Waals surface area contributed by atoms with Gasteiger partial charge in [0.25, 0.3) is 11.8 Å². The minimum atomic E-state index is -0.828. The van der Waals surface area contributed by atoms with Crippen molar-refractivity contribution in [2.75, 3.05) is 18.6 Å². The van der Waals surface area contributed by atoms with Gasteiger partial charge in [0.2, 0.25) is 0 Å². The van der Waals surface area contributed by atoms with E-state index in [9.17, 15) is 14.4 Å². The standard InChI is InChI=1S/C34H29ClN2O7/c1-3-42-29-18-23(14-15-28(29)43-20-22-10-6-4-7-11-22)21-44-31-27(35)17-24(19-30(31)41-2)16-26-32(38)36-34(40)37(33(26)39)25-12-8-5-9-13-25/h4-19H,3,20-21H2,1-2H3,(H,36,38,40)/b26-16-. The fourth-order valence-electron chi connectivity index (χ4n) is 4.52. The molecular weight excluding hydrogens is 584 g/mol. The molecule has 0 radical (unpaired) electrons. The largest absolute Gasteiger partial charge is 0.493 e. The van der Waals surface area contributed by atoms with E-state index in [4.69, 9.17) is 30.5 Å². The molecule has 0 unspecified atom stereocenters. The van der Waals surface area contributed by atoms with Crippen molar-refractivity contribution in [1.29, 1.82) is 0 Å². The molecule has 0 atom stereocenters. The van der Waals surface area contributed by atoms with E-state index < -0.39 is 17.8 Å². The number of barbiturate groups is 1. The first-order valence-corrected chi connectivity index (χ1v) is 14.1. The van der Waals surface area contributed by atoms with Crippen LogP contribution in [0.25, 0.3) is 6.08 Å². The van der Waals surface area contributed by atoms with Crippen LogP contribution in [0.15, 0.2) is 96.6 Å². The predicted octanol–water partition coefficient (Wildman–Crippen LogP) is 6.57. The van der Waals surface area contributed by atoms with E-state index >= 15 is 0 Å². The van der Waals surface area contributed by atoms with Crippen LogP contribution in [0, 0.1) is 0 Å². The summed E-state index contributed by atoms with van der Waals surface area (Å²) >= 11 is 6.59. The summed E-state index contributed by atoms with van der Waals surface area (Å²) < 4.78 is 23.4. The van der Waals surface area contributed by atoms with Crippen LogP contribution in [0.5, 0.6) is 23.0 Å². The number of nitrogens with one attached hydrogen (secondary N) is 1. The molecule has 1 fully saturated rings. The first kappa shape index (κ1) is 30.2. The number of imide groups is 2. The summed E-state index contributed by atoms with van der Waals surface area (Å²) in [6.07, 6.45) is 1.35. The van der Waals surface area contributed by atoms with Gasteiger partial charge in [-0.2, -0.15) is 0 Å². The Morgan fingerprint density at radius 2 is 1.48 bits per heavy atom. The van der Waals surface area contributed by atoms with E-state index in [2.05, 4.69) is 5.32 Å². The molecule has 4 aromatic carbocycles. The number of urea groups is 1. The van der Waals surface area contributed by atoms with Crippen LogP contribution in [-0.4, -0.2) is 31.6 Å². The van der Waals surface area contributed by atoms with E-state index in [-0.39, 0.29) is 28.7 Å². The fourth-order valence-corrected chi connectivity index (χ4v) is 4.79. The Bertz CT molecular complexity index is 1710. The third-order valence-corrected chi connectivity index (χ3v) is 6.89. The lowest BCUT2D eigenvalue weighted by Crippen LogP contribution is -2.54. The lowest BCUT2D eigenvalue weighted by Gasteiger charge is -2.26. The first-order chi connectivity index (χ1) is 21.4. The highest BCUT2D eigenvalue weighted by molar-refractivity contribution is 6.39. The monoisotopic (exact) mass is 612 g/mol. The van der Waals surface area contributed by atoms with E-state index in [1.54, 1.807) is 42.5 Å². The maximum atomic E-state index is 13.2. The normalized spacial score (nSPS) is 13.9. The molecule has 0 saturated carbocycles. The Balaban J connectivity index is 1.34. The maximum Gasteiger partial charge on any atom is 0.335 e. The molecule has 224 valence electrons. The van der Waals surface area contributed by atoms with E-state index in [0.29, 0.717) is 36.0 Å². The third-order valence-electron chi connectivity index (χ3n) is 6.61. The molecule has 0 spiro atoms. The predicted molar refractivity (Wildman–Crippen MR) is 166 cm³/mol. The minimum absolute atomic E-state index is 0.143. The molecule has 4 aromatic rings. The summed E-state index contributed by atoms with van der Waals surface area (Å²) in [6, 6.07) is 26.0. The Labute approximate surface area is 259 Å². The molecule has 1 N–H and O–H groups in total. The summed E-state index contributed by atoms with van der Waals surface area (Å²) in [7, 11) is 1.45. The number of methoxy groups -OCH3 is 1. The van der Waals surface area contributed by atoms with Gasteiger partial charge < -0.3 is 18.9 Å². The topological polar surface area (TPSA) is 103 Å². The van der Waals surface area contributed by atoms with Gasteiger partial charge in [-0.1, -0.05) is 66.2 Å². The second-order valence-electron chi connectivity index (χ2n) is 9.60. The van der Waals surface area contributed by atoms with Gasteiger partial charge in [-0.15, -0.1) is 0 Å². The van der Waals surface area contributed by atoms with Crippen LogP contribution in [-0.2, 0) is 22.8 Å². The summed E-state index contributed by atoms with van der Waals surface area (Å²) in [5, 5.41) is 2.40. The zero-order chi connectivity index (χ0) is 31.1. The number of ether oxygens (including phenoxy) is 4. The van der Waals surface area contributed by atoms with Crippen LogP contribution in [0.1, 0.15) is 23.6 Å². The number of halogens is 1. The maximum absolute atomic E-state index is 13.2.